The van der Waals surface area contributed by atoms with Crippen molar-refractivity contribution in [2.24, 2.45) is 23.9 Å². The first-order chi connectivity index (χ1) is 11.2. The average molecular weight is 310 g/mol. The van der Waals surface area contributed by atoms with Crippen LogP contribution in [0, 0.1) is 11.8 Å². The highest BCUT2D eigenvalue weighted by Crippen LogP contribution is 2.36. The number of nitrogens with zero attached hydrogens (tertiary/aromatic N) is 6. The lowest BCUT2D eigenvalue weighted by Crippen LogP contribution is -1.99. The molecule has 2 N–H and O–H groups in total. The minimum atomic E-state index is 0.466. The van der Waals surface area contributed by atoms with Crippen molar-refractivity contribution >= 4 is 34.8 Å². The zero-order valence-corrected chi connectivity index (χ0v) is 13.1. The Morgan fingerprint density at radius 2 is 2.30 bits per heavy atom. The van der Waals surface area contributed by atoms with Crippen LogP contribution < -0.4 is 5.32 Å². The molecule has 0 aliphatic heterocycles. The van der Waals surface area contributed by atoms with Crippen LogP contribution in [-0.4, -0.2) is 35.9 Å². The van der Waals surface area contributed by atoms with E-state index in [0.29, 0.717) is 28.8 Å². The van der Waals surface area contributed by atoms with Crippen molar-refractivity contribution in [2.45, 2.75) is 19.8 Å². The summed E-state index contributed by atoms with van der Waals surface area (Å²) in [5, 5.41) is 7.26. The second-order valence-electron chi connectivity index (χ2n) is 5.97. The minimum Gasteiger partial charge on any atom is -0.329 e. The van der Waals surface area contributed by atoms with Gasteiger partial charge in [-0.3, -0.25) is 4.68 Å². The summed E-state index contributed by atoms with van der Waals surface area (Å²) in [6.07, 6.45) is 9.75. The molecule has 1 unspecified atom stereocenters. The quantitative estimate of drug-likeness (QED) is 0.706. The van der Waals surface area contributed by atoms with E-state index in [1.165, 1.54) is 12.8 Å². The lowest BCUT2D eigenvalue weighted by atomic mass is 10.1. The molecule has 0 saturated heterocycles. The van der Waals surface area contributed by atoms with Crippen LogP contribution >= 0.6 is 0 Å². The standard InChI is InChI=1S/C15H18N8/c1-9(10-3-4-10)5-16-13-12-14(18-8-17-12)22-15(21-13)20-11-6-19-23(2)7-11/h5-10H,3-4H2,1-2H3,(H2,17,18,20,21,22)/b16-5-. The number of aliphatic imine (C=N–C) groups is 1. The Bertz CT molecular complexity index is 857. The molecule has 3 heterocycles. The zero-order valence-electron chi connectivity index (χ0n) is 13.1. The molecule has 1 aliphatic rings. The number of anilines is 2. The molecular weight excluding hydrogens is 292 g/mol. The van der Waals surface area contributed by atoms with Crippen molar-refractivity contribution in [2.75, 3.05) is 5.32 Å². The van der Waals surface area contributed by atoms with Crippen LogP contribution in [0.25, 0.3) is 11.2 Å². The molecule has 1 fully saturated rings. The first kappa shape index (κ1) is 13.9. The number of aromatic amines is 1. The van der Waals surface area contributed by atoms with Gasteiger partial charge in [-0.05, 0) is 24.7 Å². The van der Waals surface area contributed by atoms with Crippen LogP contribution in [0.2, 0.25) is 0 Å². The summed E-state index contributed by atoms with van der Waals surface area (Å²) < 4.78 is 1.72. The van der Waals surface area contributed by atoms with E-state index in [4.69, 9.17) is 0 Å². The van der Waals surface area contributed by atoms with E-state index in [0.717, 1.165) is 11.6 Å². The molecule has 118 valence electrons. The molecule has 3 aromatic heterocycles. The number of hydrogen-bond donors (Lipinski definition) is 2. The van der Waals surface area contributed by atoms with E-state index in [2.05, 4.69) is 42.3 Å². The van der Waals surface area contributed by atoms with E-state index in [1.807, 2.05) is 19.5 Å². The number of aryl methyl sites for hydroxylation is 1. The van der Waals surface area contributed by atoms with Crippen molar-refractivity contribution in [1.82, 2.24) is 29.7 Å². The highest BCUT2D eigenvalue weighted by Gasteiger charge is 2.26. The molecule has 0 aromatic carbocycles. The maximum absolute atomic E-state index is 4.56. The largest absolute Gasteiger partial charge is 0.329 e. The van der Waals surface area contributed by atoms with Crippen LogP contribution in [0.1, 0.15) is 19.8 Å². The van der Waals surface area contributed by atoms with Crippen molar-refractivity contribution in [3.63, 3.8) is 0 Å². The summed E-state index contributed by atoms with van der Waals surface area (Å²) in [5.74, 6) is 2.29. The predicted molar refractivity (Wildman–Crippen MR) is 88.2 cm³/mol. The summed E-state index contributed by atoms with van der Waals surface area (Å²) in [6.45, 7) is 2.19. The van der Waals surface area contributed by atoms with Crippen molar-refractivity contribution in [1.29, 1.82) is 0 Å². The maximum Gasteiger partial charge on any atom is 0.231 e. The molecule has 23 heavy (non-hydrogen) atoms. The molecular formula is C15H18N8. The van der Waals surface area contributed by atoms with E-state index in [1.54, 1.807) is 17.2 Å². The van der Waals surface area contributed by atoms with Gasteiger partial charge in [0.2, 0.25) is 5.95 Å². The molecule has 8 heteroatoms. The van der Waals surface area contributed by atoms with Crippen LogP contribution in [0.5, 0.6) is 0 Å². The van der Waals surface area contributed by atoms with Gasteiger partial charge in [-0.1, -0.05) is 6.92 Å². The Hall–Kier alpha value is -2.77. The number of fused-ring (bicyclic) bond motifs is 1. The SMILES string of the molecule is CC(/C=N\c1nc(Nc2cnn(C)c2)nc2[nH]cnc12)C1CC1. The second kappa shape index (κ2) is 5.45. The fourth-order valence-electron chi connectivity index (χ4n) is 2.51. The number of nitrogens with one attached hydrogen (secondary N) is 2. The fourth-order valence-corrected chi connectivity index (χ4v) is 2.51. The van der Waals surface area contributed by atoms with Gasteiger partial charge < -0.3 is 10.3 Å². The van der Waals surface area contributed by atoms with E-state index in [9.17, 15) is 0 Å². The van der Waals surface area contributed by atoms with Crippen molar-refractivity contribution < 1.29 is 0 Å². The third kappa shape index (κ3) is 2.92. The Morgan fingerprint density at radius 3 is 3.04 bits per heavy atom. The number of imidazole rings is 1. The van der Waals surface area contributed by atoms with Gasteiger partial charge in [-0.15, -0.1) is 0 Å². The minimum absolute atomic E-state index is 0.466. The van der Waals surface area contributed by atoms with Gasteiger partial charge >= 0.3 is 0 Å². The zero-order chi connectivity index (χ0) is 15.8. The topological polar surface area (TPSA) is 96.7 Å². The highest BCUT2D eigenvalue weighted by atomic mass is 15.3. The van der Waals surface area contributed by atoms with E-state index in [-0.39, 0.29) is 0 Å². The van der Waals surface area contributed by atoms with Gasteiger partial charge in [0.15, 0.2) is 17.0 Å². The third-order valence-electron chi connectivity index (χ3n) is 4.02. The second-order valence-corrected chi connectivity index (χ2v) is 5.97. The first-order valence-electron chi connectivity index (χ1n) is 7.70. The van der Waals surface area contributed by atoms with E-state index < -0.39 is 0 Å². The van der Waals surface area contributed by atoms with Crippen LogP contribution in [-0.2, 0) is 7.05 Å². The molecule has 8 nitrogen and oxygen atoms in total. The van der Waals surface area contributed by atoms with Gasteiger partial charge in [0.05, 0.1) is 18.2 Å². The predicted octanol–water partition coefficient (Wildman–Crippen LogP) is 2.58. The van der Waals surface area contributed by atoms with Crippen molar-refractivity contribution in [3.05, 3.63) is 18.7 Å². The summed E-state index contributed by atoms with van der Waals surface area (Å²) >= 11 is 0. The monoisotopic (exact) mass is 310 g/mol. The fraction of sp³-hybridized carbons (Fsp3) is 0.400. The van der Waals surface area contributed by atoms with Gasteiger partial charge in [-0.2, -0.15) is 15.1 Å². The molecule has 0 amide bonds. The third-order valence-corrected chi connectivity index (χ3v) is 4.02. The lowest BCUT2D eigenvalue weighted by Gasteiger charge is -2.04. The number of H-pyrrole nitrogens is 1. The van der Waals surface area contributed by atoms with Crippen molar-refractivity contribution in [3.8, 4) is 0 Å². The van der Waals surface area contributed by atoms with E-state index >= 15 is 0 Å². The van der Waals surface area contributed by atoms with Gasteiger partial charge in [-0.25, -0.2) is 9.98 Å². The normalized spacial score (nSPS) is 16.3. The number of hydrogen-bond acceptors (Lipinski definition) is 6. The molecule has 0 radical (unpaired) electrons. The molecule has 0 bridgehead atoms. The molecule has 0 spiro atoms. The van der Waals surface area contributed by atoms with Gasteiger partial charge in [0.1, 0.15) is 0 Å². The molecule has 1 atom stereocenters. The summed E-state index contributed by atoms with van der Waals surface area (Å²) in [6, 6.07) is 0. The van der Waals surface area contributed by atoms with Gasteiger partial charge in [0, 0.05) is 19.5 Å². The molecule has 4 rings (SSSR count). The summed E-state index contributed by atoms with van der Waals surface area (Å²) in [4.78, 5) is 20.8. The Labute approximate surface area is 133 Å². The Kier molecular flexibility index (Phi) is 3.29. The average Bonchev–Trinajstić information content (AvgIpc) is 3.15. The Balaban J connectivity index is 1.66. The smallest absolute Gasteiger partial charge is 0.231 e. The summed E-state index contributed by atoms with van der Waals surface area (Å²) in [7, 11) is 1.86. The van der Waals surface area contributed by atoms with Crippen LogP contribution in [0.3, 0.4) is 0 Å². The van der Waals surface area contributed by atoms with Crippen LogP contribution in [0.4, 0.5) is 17.5 Å². The first-order valence-corrected chi connectivity index (χ1v) is 7.70. The highest BCUT2D eigenvalue weighted by molar-refractivity contribution is 5.84. The van der Waals surface area contributed by atoms with Crippen LogP contribution in [0.15, 0.2) is 23.7 Å². The lowest BCUT2D eigenvalue weighted by molar-refractivity contribution is 0.679. The molecule has 3 aromatic rings. The maximum atomic E-state index is 4.56. The number of aromatic nitrogens is 6. The number of rotatable bonds is 5. The Morgan fingerprint density at radius 1 is 1.43 bits per heavy atom. The molecule has 1 aliphatic carbocycles. The summed E-state index contributed by atoms with van der Waals surface area (Å²) in [5.41, 5.74) is 2.17. The van der Waals surface area contributed by atoms with Gasteiger partial charge in [0.25, 0.3) is 0 Å². The molecule has 1 saturated carbocycles.